The van der Waals surface area contributed by atoms with Gasteiger partial charge in [-0.2, -0.15) is 0 Å². The highest BCUT2D eigenvalue weighted by atomic mass is 16.3. The highest BCUT2D eigenvalue weighted by Crippen LogP contribution is 2.44. The van der Waals surface area contributed by atoms with E-state index in [0.717, 1.165) is 33.9 Å². The normalized spacial score (nSPS) is 11.5. The molecule has 3 rings (SSSR count). The third-order valence-corrected chi connectivity index (χ3v) is 4.52. The number of fused-ring (bicyclic) bond motifs is 1. The smallest absolute Gasteiger partial charge is 0.131 e. The maximum Gasteiger partial charge on any atom is 0.131 e. The van der Waals surface area contributed by atoms with E-state index in [4.69, 9.17) is 0 Å². The van der Waals surface area contributed by atoms with Crippen molar-refractivity contribution in [3.63, 3.8) is 0 Å². The quantitative estimate of drug-likeness (QED) is 0.638. The van der Waals surface area contributed by atoms with Gasteiger partial charge in [-0.1, -0.05) is 49.4 Å². The summed E-state index contributed by atoms with van der Waals surface area (Å²) >= 11 is 0. The molecule has 0 aliphatic heterocycles. The van der Waals surface area contributed by atoms with Crippen LogP contribution in [0.3, 0.4) is 0 Å². The molecule has 0 aromatic heterocycles. The lowest BCUT2D eigenvalue weighted by Gasteiger charge is -2.17. The second-order valence-corrected chi connectivity index (χ2v) is 6.02. The molecule has 0 atom stereocenters. The number of aryl methyl sites for hydroxylation is 2. The van der Waals surface area contributed by atoms with Crippen LogP contribution in [0.5, 0.6) is 11.5 Å². The second kappa shape index (κ2) is 6.40. The Balaban J connectivity index is 2.42. The average molecular weight is 318 g/mol. The van der Waals surface area contributed by atoms with Crippen molar-refractivity contribution in [2.45, 2.75) is 27.2 Å². The zero-order chi connectivity index (χ0) is 17.3. The van der Waals surface area contributed by atoms with Gasteiger partial charge in [-0.3, -0.25) is 0 Å². The maximum absolute atomic E-state index is 10.9. The number of hydrogen-bond acceptors (Lipinski definition) is 2. The molecule has 0 saturated carbocycles. The molecule has 122 valence electrons. The van der Waals surface area contributed by atoms with Crippen LogP contribution in [0, 0.1) is 6.92 Å². The molecule has 0 amide bonds. The monoisotopic (exact) mass is 318 g/mol. The van der Waals surface area contributed by atoms with Crippen molar-refractivity contribution >= 4 is 16.8 Å². The van der Waals surface area contributed by atoms with E-state index in [1.165, 1.54) is 0 Å². The van der Waals surface area contributed by atoms with Gasteiger partial charge in [-0.15, -0.1) is 0 Å². The molecule has 0 spiro atoms. The molecule has 0 heterocycles. The third-order valence-electron chi connectivity index (χ3n) is 4.52. The summed E-state index contributed by atoms with van der Waals surface area (Å²) in [6, 6.07) is 13.4. The molecule has 0 aliphatic carbocycles. The summed E-state index contributed by atoms with van der Waals surface area (Å²) < 4.78 is 0. The summed E-state index contributed by atoms with van der Waals surface area (Å²) in [6.07, 6.45) is 4.82. The number of hydrogen-bond donors (Lipinski definition) is 2. The van der Waals surface area contributed by atoms with E-state index in [1.807, 2.05) is 62.4 Å². The van der Waals surface area contributed by atoms with Crippen LogP contribution in [0.1, 0.15) is 30.5 Å². The number of phenolic OH excluding ortho intramolecular Hbond substituents is 2. The Morgan fingerprint density at radius 3 is 2.38 bits per heavy atom. The summed E-state index contributed by atoms with van der Waals surface area (Å²) in [7, 11) is 0. The van der Waals surface area contributed by atoms with Gasteiger partial charge in [-0.05, 0) is 54.5 Å². The lowest BCUT2D eigenvalue weighted by molar-refractivity contribution is 0.471. The topological polar surface area (TPSA) is 40.5 Å². The average Bonchev–Trinajstić information content (AvgIpc) is 2.59. The van der Waals surface area contributed by atoms with Crippen molar-refractivity contribution in [2.75, 3.05) is 0 Å². The van der Waals surface area contributed by atoms with Crippen LogP contribution in [-0.2, 0) is 6.42 Å². The number of phenols is 2. The van der Waals surface area contributed by atoms with Crippen molar-refractivity contribution in [2.24, 2.45) is 0 Å². The molecule has 2 nitrogen and oxygen atoms in total. The highest BCUT2D eigenvalue weighted by molar-refractivity contribution is 5.99. The van der Waals surface area contributed by atoms with E-state index in [-0.39, 0.29) is 11.5 Å². The first-order valence-electron chi connectivity index (χ1n) is 8.27. The van der Waals surface area contributed by atoms with Crippen LogP contribution in [0.2, 0.25) is 0 Å². The minimum atomic E-state index is 0.185. The Morgan fingerprint density at radius 2 is 1.71 bits per heavy atom. The molecule has 0 bridgehead atoms. The van der Waals surface area contributed by atoms with Gasteiger partial charge in [0.2, 0.25) is 0 Å². The fourth-order valence-electron chi connectivity index (χ4n) is 3.33. The standard InChI is InChI=1S/C22H22O2/c1-4-8-17-15(5-2)11-12-20(23)21(17)19-13-14(3)16-9-6-7-10-18(16)22(19)24/h4,6-13,23-24H,5H2,1-3H3/b8-4-. The summed E-state index contributed by atoms with van der Waals surface area (Å²) in [4.78, 5) is 0. The molecule has 0 saturated heterocycles. The maximum atomic E-state index is 10.9. The number of benzene rings is 3. The molecule has 0 fully saturated rings. The van der Waals surface area contributed by atoms with Crippen LogP contribution in [-0.4, -0.2) is 10.2 Å². The van der Waals surface area contributed by atoms with Gasteiger partial charge < -0.3 is 10.2 Å². The molecule has 0 aliphatic rings. The summed E-state index contributed by atoms with van der Waals surface area (Å²) in [6.45, 7) is 6.08. The van der Waals surface area contributed by atoms with Crippen LogP contribution in [0.15, 0.2) is 48.5 Å². The number of rotatable bonds is 3. The van der Waals surface area contributed by atoms with Crippen molar-refractivity contribution in [1.82, 2.24) is 0 Å². The first kappa shape index (κ1) is 16.1. The van der Waals surface area contributed by atoms with Crippen molar-refractivity contribution in [3.05, 3.63) is 65.2 Å². The van der Waals surface area contributed by atoms with Crippen LogP contribution in [0.25, 0.3) is 28.0 Å². The van der Waals surface area contributed by atoms with Crippen LogP contribution < -0.4 is 0 Å². The predicted molar refractivity (Wildman–Crippen MR) is 102 cm³/mol. The number of aromatic hydroxyl groups is 2. The van der Waals surface area contributed by atoms with Crippen molar-refractivity contribution in [3.8, 4) is 22.6 Å². The van der Waals surface area contributed by atoms with E-state index >= 15 is 0 Å². The molecule has 0 unspecified atom stereocenters. The summed E-state index contributed by atoms with van der Waals surface area (Å²) in [5.74, 6) is 0.399. The van der Waals surface area contributed by atoms with Gasteiger partial charge in [0.1, 0.15) is 11.5 Å². The molecular formula is C22H22O2. The Hall–Kier alpha value is -2.74. The van der Waals surface area contributed by atoms with Crippen LogP contribution >= 0.6 is 0 Å². The first-order valence-corrected chi connectivity index (χ1v) is 8.27. The zero-order valence-electron chi connectivity index (χ0n) is 14.3. The number of allylic oxidation sites excluding steroid dienone is 1. The van der Waals surface area contributed by atoms with Crippen molar-refractivity contribution in [1.29, 1.82) is 0 Å². The Labute approximate surface area is 142 Å². The van der Waals surface area contributed by atoms with Crippen molar-refractivity contribution < 1.29 is 10.2 Å². The minimum Gasteiger partial charge on any atom is -0.507 e. The fourth-order valence-corrected chi connectivity index (χ4v) is 3.33. The van der Waals surface area contributed by atoms with E-state index in [9.17, 15) is 10.2 Å². The molecular weight excluding hydrogens is 296 g/mol. The summed E-state index contributed by atoms with van der Waals surface area (Å²) in [5.41, 5.74) is 4.55. The van der Waals surface area contributed by atoms with Gasteiger partial charge in [0.15, 0.2) is 0 Å². The van der Waals surface area contributed by atoms with Gasteiger partial charge in [0.25, 0.3) is 0 Å². The van der Waals surface area contributed by atoms with Gasteiger partial charge in [0, 0.05) is 16.5 Å². The Morgan fingerprint density at radius 1 is 1.00 bits per heavy atom. The molecule has 2 heteroatoms. The third kappa shape index (κ3) is 2.54. The van der Waals surface area contributed by atoms with E-state index in [1.54, 1.807) is 6.07 Å². The lowest BCUT2D eigenvalue weighted by Crippen LogP contribution is -1.94. The second-order valence-electron chi connectivity index (χ2n) is 6.02. The van der Waals surface area contributed by atoms with Gasteiger partial charge in [-0.25, -0.2) is 0 Å². The Bertz CT molecular complexity index is 936. The van der Waals surface area contributed by atoms with E-state index in [0.29, 0.717) is 11.1 Å². The summed E-state index contributed by atoms with van der Waals surface area (Å²) in [5, 5.41) is 23.2. The molecule has 3 aromatic carbocycles. The SMILES string of the molecule is C/C=C\c1c(CC)ccc(O)c1-c1cc(C)c2ccccc2c1O. The first-order chi connectivity index (χ1) is 11.6. The van der Waals surface area contributed by atoms with Gasteiger partial charge >= 0.3 is 0 Å². The largest absolute Gasteiger partial charge is 0.507 e. The Kier molecular flexibility index (Phi) is 4.30. The molecule has 3 aromatic rings. The highest BCUT2D eigenvalue weighted by Gasteiger charge is 2.18. The molecule has 24 heavy (non-hydrogen) atoms. The van der Waals surface area contributed by atoms with E-state index in [2.05, 4.69) is 6.92 Å². The minimum absolute atomic E-state index is 0.185. The zero-order valence-corrected chi connectivity index (χ0v) is 14.3. The molecule has 0 radical (unpaired) electrons. The van der Waals surface area contributed by atoms with Crippen LogP contribution in [0.4, 0.5) is 0 Å². The lowest BCUT2D eigenvalue weighted by atomic mass is 9.89. The fraction of sp³-hybridized carbons (Fsp3) is 0.182. The van der Waals surface area contributed by atoms with Gasteiger partial charge in [0.05, 0.1) is 0 Å². The predicted octanol–water partition coefficient (Wildman–Crippen LogP) is 5.82. The molecule has 2 N–H and O–H groups in total. The van der Waals surface area contributed by atoms with E-state index < -0.39 is 0 Å².